The Labute approximate surface area is 141 Å². The standard InChI is InChI=1S/C16H12BrCl2NO/c1-10-5-7-15(12(17)9-10)20-16(21)8-6-11-13(18)3-2-4-14(11)19/h2-9H,1H3,(H,20,21). The number of halogens is 3. The van der Waals surface area contributed by atoms with E-state index in [-0.39, 0.29) is 5.91 Å². The number of hydrogen-bond acceptors (Lipinski definition) is 1. The van der Waals surface area contributed by atoms with Gasteiger partial charge in [0.2, 0.25) is 5.91 Å². The van der Waals surface area contributed by atoms with Gasteiger partial charge in [-0.2, -0.15) is 0 Å². The van der Waals surface area contributed by atoms with Crippen LogP contribution >= 0.6 is 39.1 Å². The van der Waals surface area contributed by atoms with Crippen LogP contribution in [0, 0.1) is 6.92 Å². The molecule has 0 atom stereocenters. The molecule has 21 heavy (non-hydrogen) atoms. The van der Waals surface area contributed by atoms with Crippen LogP contribution in [0.25, 0.3) is 6.08 Å². The van der Waals surface area contributed by atoms with Crippen molar-refractivity contribution in [3.8, 4) is 0 Å². The average molecular weight is 385 g/mol. The van der Waals surface area contributed by atoms with E-state index in [1.807, 2.05) is 25.1 Å². The zero-order chi connectivity index (χ0) is 15.4. The van der Waals surface area contributed by atoms with E-state index >= 15 is 0 Å². The lowest BCUT2D eigenvalue weighted by molar-refractivity contribution is -0.111. The van der Waals surface area contributed by atoms with E-state index in [0.717, 1.165) is 10.0 Å². The second-order valence-electron chi connectivity index (χ2n) is 4.44. The number of benzene rings is 2. The summed E-state index contributed by atoms with van der Waals surface area (Å²) in [5.41, 5.74) is 2.44. The monoisotopic (exact) mass is 383 g/mol. The van der Waals surface area contributed by atoms with Crippen molar-refractivity contribution in [1.82, 2.24) is 0 Å². The van der Waals surface area contributed by atoms with E-state index in [1.165, 1.54) is 6.08 Å². The zero-order valence-electron chi connectivity index (χ0n) is 11.2. The van der Waals surface area contributed by atoms with Crippen LogP contribution in [0.1, 0.15) is 11.1 Å². The van der Waals surface area contributed by atoms with Gasteiger partial charge >= 0.3 is 0 Å². The minimum atomic E-state index is -0.254. The molecule has 0 unspecified atom stereocenters. The summed E-state index contributed by atoms with van der Waals surface area (Å²) in [5.74, 6) is -0.254. The molecule has 0 aromatic heterocycles. The van der Waals surface area contributed by atoms with Crippen LogP contribution in [-0.2, 0) is 4.79 Å². The average Bonchev–Trinajstić information content (AvgIpc) is 2.41. The molecule has 0 bridgehead atoms. The Hall–Kier alpha value is -1.29. The van der Waals surface area contributed by atoms with Crippen LogP contribution in [0.4, 0.5) is 5.69 Å². The van der Waals surface area contributed by atoms with Crippen molar-refractivity contribution < 1.29 is 4.79 Å². The first-order valence-corrected chi connectivity index (χ1v) is 7.71. The molecular weight excluding hydrogens is 373 g/mol. The van der Waals surface area contributed by atoms with Crippen LogP contribution in [-0.4, -0.2) is 5.91 Å². The molecule has 1 amide bonds. The number of nitrogens with one attached hydrogen (secondary N) is 1. The maximum Gasteiger partial charge on any atom is 0.248 e. The highest BCUT2D eigenvalue weighted by molar-refractivity contribution is 9.10. The number of carbonyl (C=O) groups excluding carboxylic acids is 1. The summed E-state index contributed by atoms with van der Waals surface area (Å²) >= 11 is 15.5. The summed E-state index contributed by atoms with van der Waals surface area (Å²) in [5, 5.41) is 3.79. The minimum Gasteiger partial charge on any atom is -0.321 e. The Morgan fingerprint density at radius 2 is 1.86 bits per heavy atom. The van der Waals surface area contributed by atoms with Gasteiger partial charge in [0, 0.05) is 26.2 Å². The number of carbonyl (C=O) groups is 1. The Morgan fingerprint density at radius 1 is 1.19 bits per heavy atom. The lowest BCUT2D eigenvalue weighted by Crippen LogP contribution is -2.08. The number of aryl methyl sites for hydroxylation is 1. The minimum absolute atomic E-state index is 0.254. The van der Waals surface area contributed by atoms with Gasteiger partial charge in [0.1, 0.15) is 0 Å². The molecule has 0 heterocycles. The number of amides is 1. The van der Waals surface area contributed by atoms with Crippen molar-refractivity contribution in [2.45, 2.75) is 6.92 Å². The Balaban J connectivity index is 2.13. The normalized spacial score (nSPS) is 10.9. The molecule has 2 aromatic rings. The van der Waals surface area contributed by atoms with Crippen LogP contribution in [0.15, 0.2) is 46.9 Å². The highest BCUT2D eigenvalue weighted by Gasteiger charge is 2.05. The maximum absolute atomic E-state index is 11.9. The van der Waals surface area contributed by atoms with Crippen LogP contribution in [0.5, 0.6) is 0 Å². The first kappa shape index (κ1) is 16.1. The molecule has 0 radical (unpaired) electrons. The largest absolute Gasteiger partial charge is 0.321 e. The quantitative estimate of drug-likeness (QED) is 0.674. The molecular formula is C16H12BrCl2NO. The van der Waals surface area contributed by atoms with Gasteiger partial charge in [-0.15, -0.1) is 0 Å². The first-order chi connectivity index (χ1) is 9.97. The molecule has 2 aromatic carbocycles. The lowest BCUT2D eigenvalue weighted by atomic mass is 10.2. The summed E-state index contributed by atoms with van der Waals surface area (Å²) in [6.45, 7) is 1.98. The summed E-state index contributed by atoms with van der Waals surface area (Å²) in [4.78, 5) is 11.9. The van der Waals surface area contributed by atoms with Crippen molar-refractivity contribution in [3.05, 3.63) is 68.1 Å². The third-order valence-corrected chi connectivity index (χ3v) is 4.10. The van der Waals surface area contributed by atoms with E-state index in [1.54, 1.807) is 24.3 Å². The fourth-order valence-corrected chi connectivity index (χ4v) is 2.84. The van der Waals surface area contributed by atoms with Crippen LogP contribution < -0.4 is 5.32 Å². The molecule has 2 rings (SSSR count). The maximum atomic E-state index is 11.9. The van der Waals surface area contributed by atoms with Gasteiger partial charge in [-0.05, 0) is 58.8 Å². The molecule has 0 aliphatic carbocycles. The Morgan fingerprint density at radius 3 is 2.48 bits per heavy atom. The summed E-state index contributed by atoms with van der Waals surface area (Å²) < 4.78 is 0.833. The molecule has 0 saturated carbocycles. The lowest BCUT2D eigenvalue weighted by Gasteiger charge is -2.06. The summed E-state index contributed by atoms with van der Waals surface area (Å²) in [7, 11) is 0. The predicted molar refractivity (Wildman–Crippen MR) is 93.0 cm³/mol. The molecule has 0 aliphatic rings. The molecule has 0 spiro atoms. The number of hydrogen-bond donors (Lipinski definition) is 1. The molecule has 108 valence electrons. The van der Waals surface area contributed by atoms with Gasteiger partial charge in [-0.3, -0.25) is 4.79 Å². The second kappa shape index (κ2) is 7.12. The first-order valence-electron chi connectivity index (χ1n) is 6.16. The van der Waals surface area contributed by atoms with E-state index in [2.05, 4.69) is 21.2 Å². The predicted octanol–water partition coefficient (Wildman–Crippen LogP) is 5.72. The van der Waals surface area contributed by atoms with Gasteiger partial charge in [0.15, 0.2) is 0 Å². The van der Waals surface area contributed by atoms with Crippen molar-refractivity contribution in [3.63, 3.8) is 0 Å². The van der Waals surface area contributed by atoms with Gasteiger partial charge in [0.05, 0.1) is 5.69 Å². The highest BCUT2D eigenvalue weighted by atomic mass is 79.9. The molecule has 2 nitrogen and oxygen atoms in total. The van der Waals surface area contributed by atoms with Crippen LogP contribution in [0.2, 0.25) is 10.0 Å². The fourth-order valence-electron chi connectivity index (χ4n) is 1.72. The van der Waals surface area contributed by atoms with E-state index < -0.39 is 0 Å². The topological polar surface area (TPSA) is 29.1 Å². The molecule has 0 aliphatic heterocycles. The Kier molecular flexibility index (Phi) is 5.45. The number of rotatable bonds is 3. The van der Waals surface area contributed by atoms with Gasteiger partial charge in [-0.25, -0.2) is 0 Å². The van der Waals surface area contributed by atoms with E-state index in [4.69, 9.17) is 23.2 Å². The molecule has 0 saturated heterocycles. The van der Waals surface area contributed by atoms with Crippen LogP contribution in [0.3, 0.4) is 0 Å². The zero-order valence-corrected chi connectivity index (χ0v) is 14.3. The highest BCUT2D eigenvalue weighted by Crippen LogP contribution is 2.26. The smallest absolute Gasteiger partial charge is 0.248 e. The fraction of sp³-hybridized carbons (Fsp3) is 0.0625. The van der Waals surface area contributed by atoms with Crippen molar-refractivity contribution in [1.29, 1.82) is 0 Å². The third-order valence-electron chi connectivity index (χ3n) is 2.78. The Bertz CT molecular complexity index is 693. The van der Waals surface area contributed by atoms with E-state index in [0.29, 0.717) is 21.3 Å². The SMILES string of the molecule is Cc1ccc(NC(=O)C=Cc2c(Cl)cccc2Cl)c(Br)c1. The molecule has 0 fully saturated rings. The van der Waals surface area contributed by atoms with Gasteiger partial charge in [0.25, 0.3) is 0 Å². The van der Waals surface area contributed by atoms with Gasteiger partial charge in [-0.1, -0.05) is 35.3 Å². The molecule has 5 heteroatoms. The summed E-state index contributed by atoms with van der Waals surface area (Å²) in [6, 6.07) is 10.9. The van der Waals surface area contributed by atoms with Gasteiger partial charge < -0.3 is 5.32 Å². The summed E-state index contributed by atoms with van der Waals surface area (Å²) in [6.07, 6.45) is 3.00. The second-order valence-corrected chi connectivity index (χ2v) is 6.11. The number of anilines is 1. The van der Waals surface area contributed by atoms with E-state index in [9.17, 15) is 4.79 Å². The molecule has 1 N–H and O–H groups in total. The third kappa shape index (κ3) is 4.34. The van der Waals surface area contributed by atoms with Crippen molar-refractivity contribution in [2.24, 2.45) is 0 Å². The van der Waals surface area contributed by atoms with Crippen molar-refractivity contribution in [2.75, 3.05) is 5.32 Å². The van der Waals surface area contributed by atoms with Crippen molar-refractivity contribution >= 4 is 56.8 Å².